The number of hydrogen-bond acceptors (Lipinski definition) is 4. The zero-order valence-electron chi connectivity index (χ0n) is 10.7. The fourth-order valence-electron chi connectivity index (χ4n) is 2.21. The molecular weight excluding hydrogens is 232 g/mol. The van der Waals surface area contributed by atoms with Crippen LogP contribution in [-0.2, 0) is 4.74 Å². The zero-order chi connectivity index (χ0) is 13.2. The lowest BCUT2D eigenvalue weighted by molar-refractivity contribution is 0.173. The SMILES string of the molecule is COc1ccc(N2C(=O)OCC2(C)CCN)cc1. The van der Waals surface area contributed by atoms with Crippen molar-refractivity contribution in [1.82, 2.24) is 0 Å². The summed E-state index contributed by atoms with van der Waals surface area (Å²) in [6.45, 7) is 2.86. The number of nitrogens with two attached hydrogens (primary N) is 1. The largest absolute Gasteiger partial charge is 0.497 e. The van der Waals surface area contributed by atoms with E-state index in [0.29, 0.717) is 19.6 Å². The predicted octanol–water partition coefficient (Wildman–Crippen LogP) is 1.76. The lowest BCUT2D eigenvalue weighted by atomic mass is 9.97. The molecule has 0 aromatic heterocycles. The van der Waals surface area contributed by atoms with Crippen LogP contribution in [0.3, 0.4) is 0 Å². The van der Waals surface area contributed by atoms with Gasteiger partial charge < -0.3 is 15.2 Å². The highest BCUT2D eigenvalue weighted by Gasteiger charge is 2.43. The van der Waals surface area contributed by atoms with Crippen LogP contribution >= 0.6 is 0 Å². The number of cyclic esters (lactones) is 1. The maximum absolute atomic E-state index is 11.9. The second kappa shape index (κ2) is 4.86. The van der Waals surface area contributed by atoms with E-state index >= 15 is 0 Å². The molecule has 1 heterocycles. The molecule has 1 atom stereocenters. The number of anilines is 1. The molecular formula is C13H18N2O3. The third-order valence-corrected chi connectivity index (χ3v) is 3.24. The molecule has 0 spiro atoms. The van der Waals surface area contributed by atoms with Crippen molar-refractivity contribution in [1.29, 1.82) is 0 Å². The van der Waals surface area contributed by atoms with Gasteiger partial charge in [0.15, 0.2) is 0 Å². The molecule has 0 saturated carbocycles. The van der Waals surface area contributed by atoms with Crippen molar-refractivity contribution in [2.75, 3.05) is 25.2 Å². The van der Waals surface area contributed by atoms with Gasteiger partial charge in [-0.2, -0.15) is 0 Å². The maximum atomic E-state index is 11.9. The normalized spacial score (nSPS) is 23.1. The van der Waals surface area contributed by atoms with Crippen LogP contribution in [0.4, 0.5) is 10.5 Å². The molecule has 5 heteroatoms. The fourth-order valence-corrected chi connectivity index (χ4v) is 2.21. The highest BCUT2D eigenvalue weighted by Crippen LogP contribution is 2.33. The van der Waals surface area contributed by atoms with Crippen LogP contribution in [0.25, 0.3) is 0 Å². The van der Waals surface area contributed by atoms with Crippen LogP contribution in [0, 0.1) is 0 Å². The van der Waals surface area contributed by atoms with Crippen LogP contribution in [0.15, 0.2) is 24.3 Å². The quantitative estimate of drug-likeness (QED) is 0.884. The summed E-state index contributed by atoms with van der Waals surface area (Å²) in [7, 11) is 1.61. The van der Waals surface area contributed by atoms with Crippen molar-refractivity contribution in [3.8, 4) is 5.75 Å². The number of amides is 1. The van der Waals surface area contributed by atoms with Gasteiger partial charge >= 0.3 is 6.09 Å². The van der Waals surface area contributed by atoms with Gasteiger partial charge in [0.05, 0.1) is 12.6 Å². The van der Waals surface area contributed by atoms with Crippen molar-refractivity contribution in [2.45, 2.75) is 18.9 Å². The summed E-state index contributed by atoms with van der Waals surface area (Å²) in [5, 5.41) is 0. The summed E-state index contributed by atoms with van der Waals surface area (Å²) in [4.78, 5) is 13.5. The standard InChI is InChI=1S/C13H18N2O3/c1-13(7-8-14)9-18-12(16)15(13)10-3-5-11(17-2)6-4-10/h3-6H,7-9,14H2,1-2H3. The zero-order valence-corrected chi connectivity index (χ0v) is 10.7. The molecule has 0 radical (unpaired) electrons. The maximum Gasteiger partial charge on any atom is 0.415 e. The van der Waals surface area contributed by atoms with Crippen molar-refractivity contribution in [3.05, 3.63) is 24.3 Å². The van der Waals surface area contributed by atoms with Gasteiger partial charge in [0.25, 0.3) is 0 Å². The van der Waals surface area contributed by atoms with Crippen LogP contribution < -0.4 is 15.4 Å². The molecule has 18 heavy (non-hydrogen) atoms. The number of nitrogens with zero attached hydrogens (tertiary/aromatic N) is 1. The number of ether oxygens (including phenoxy) is 2. The van der Waals surface area contributed by atoms with Gasteiger partial charge in [-0.05, 0) is 44.2 Å². The number of benzene rings is 1. The van der Waals surface area contributed by atoms with Gasteiger partial charge in [0, 0.05) is 5.69 Å². The van der Waals surface area contributed by atoms with E-state index < -0.39 is 0 Å². The van der Waals surface area contributed by atoms with Crippen LogP contribution in [0.1, 0.15) is 13.3 Å². The van der Waals surface area contributed by atoms with E-state index in [1.54, 1.807) is 12.0 Å². The summed E-state index contributed by atoms with van der Waals surface area (Å²) in [6.07, 6.45) is 0.376. The van der Waals surface area contributed by atoms with Gasteiger partial charge in [-0.25, -0.2) is 4.79 Å². The molecule has 1 aliphatic heterocycles. The van der Waals surface area contributed by atoms with Crippen molar-refractivity contribution < 1.29 is 14.3 Å². The van der Waals surface area contributed by atoms with E-state index in [9.17, 15) is 4.79 Å². The van der Waals surface area contributed by atoms with Gasteiger partial charge in [-0.3, -0.25) is 4.90 Å². The molecule has 1 unspecified atom stereocenters. The van der Waals surface area contributed by atoms with Crippen LogP contribution in [-0.4, -0.2) is 31.9 Å². The molecule has 5 nitrogen and oxygen atoms in total. The second-order valence-electron chi connectivity index (χ2n) is 4.62. The Morgan fingerprint density at radius 2 is 2.11 bits per heavy atom. The molecule has 1 aliphatic rings. The molecule has 2 rings (SSSR count). The minimum atomic E-state index is -0.375. The molecule has 1 fully saturated rings. The summed E-state index contributed by atoms with van der Waals surface area (Å²) in [5.41, 5.74) is 6.04. The Hall–Kier alpha value is -1.75. The summed E-state index contributed by atoms with van der Waals surface area (Å²) in [5.74, 6) is 0.756. The van der Waals surface area contributed by atoms with Crippen molar-refractivity contribution in [2.24, 2.45) is 5.73 Å². The molecule has 0 aliphatic carbocycles. The molecule has 2 N–H and O–H groups in total. The lowest BCUT2D eigenvalue weighted by Crippen LogP contribution is -2.46. The Labute approximate surface area is 106 Å². The Morgan fingerprint density at radius 3 is 2.67 bits per heavy atom. The molecule has 98 valence electrons. The van der Waals surface area contributed by atoms with Crippen molar-refractivity contribution in [3.63, 3.8) is 0 Å². The second-order valence-corrected chi connectivity index (χ2v) is 4.62. The third kappa shape index (κ3) is 2.13. The number of carbonyl (C=O) groups is 1. The smallest absolute Gasteiger partial charge is 0.415 e. The van der Waals surface area contributed by atoms with Gasteiger partial charge in [0.1, 0.15) is 12.4 Å². The Kier molecular flexibility index (Phi) is 3.43. The van der Waals surface area contributed by atoms with Crippen molar-refractivity contribution >= 4 is 11.8 Å². The highest BCUT2D eigenvalue weighted by atomic mass is 16.6. The van der Waals surface area contributed by atoms with Crippen LogP contribution in [0.5, 0.6) is 5.75 Å². The minimum absolute atomic E-state index is 0.323. The van der Waals surface area contributed by atoms with E-state index in [-0.39, 0.29) is 11.6 Å². The van der Waals surface area contributed by atoms with E-state index in [4.69, 9.17) is 15.2 Å². The average molecular weight is 250 g/mol. The Morgan fingerprint density at radius 1 is 1.44 bits per heavy atom. The van der Waals surface area contributed by atoms with E-state index in [1.165, 1.54) is 0 Å². The van der Waals surface area contributed by atoms with E-state index in [2.05, 4.69) is 0 Å². The lowest BCUT2D eigenvalue weighted by Gasteiger charge is -2.31. The molecule has 1 aromatic rings. The summed E-state index contributed by atoms with van der Waals surface area (Å²) in [6, 6.07) is 7.34. The first kappa shape index (κ1) is 12.7. The Bertz CT molecular complexity index is 432. The molecule has 0 bridgehead atoms. The minimum Gasteiger partial charge on any atom is -0.497 e. The number of hydrogen-bond donors (Lipinski definition) is 1. The first-order valence-electron chi connectivity index (χ1n) is 5.92. The van der Waals surface area contributed by atoms with E-state index in [0.717, 1.165) is 11.4 Å². The predicted molar refractivity (Wildman–Crippen MR) is 68.9 cm³/mol. The average Bonchev–Trinajstić information content (AvgIpc) is 2.66. The first-order valence-corrected chi connectivity index (χ1v) is 5.92. The molecule has 1 amide bonds. The fraction of sp³-hybridized carbons (Fsp3) is 0.462. The monoisotopic (exact) mass is 250 g/mol. The highest BCUT2D eigenvalue weighted by molar-refractivity contribution is 5.91. The van der Waals surface area contributed by atoms with Gasteiger partial charge in [0.2, 0.25) is 0 Å². The number of methoxy groups -OCH3 is 1. The molecule has 1 saturated heterocycles. The Balaban J connectivity index is 2.30. The summed E-state index contributed by atoms with van der Waals surface area (Å²) < 4.78 is 10.2. The van der Waals surface area contributed by atoms with E-state index in [1.807, 2.05) is 31.2 Å². The number of rotatable bonds is 4. The first-order chi connectivity index (χ1) is 8.60. The summed E-state index contributed by atoms with van der Waals surface area (Å²) >= 11 is 0. The van der Waals surface area contributed by atoms with Gasteiger partial charge in [-0.15, -0.1) is 0 Å². The topological polar surface area (TPSA) is 64.8 Å². The third-order valence-electron chi connectivity index (χ3n) is 3.24. The molecule has 1 aromatic carbocycles. The van der Waals surface area contributed by atoms with Crippen LogP contribution in [0.2, 0.25) is 0 Å². The number of carbonyl (C=O) groups excluding carboxylic acids is 1. The van der Waals surface area contributed by atoms with Gasteiger partial charge in [-0.1, -0.05) is 0 Å².